The molecule has 1 aliphatic heterocycles. The standard InChI is InChI=1S/C30H36N2O/c1-23-18-24(2)20-27(19-23)30(33)32-17-15-28(22-29(32)21-26-12-7-4-8-13-26)31-16-9-14-25-10-5-3-6-11-25/h3-8,10-13,18-20,28-29,31H,9,14-17,21-22H2,1-2H3/t28-,29+/m0/s1. The minimum absolute atomic E-state index is 0.172. The normalized spacial score (nSPS) is 18.3. The summed E-state index contributed by atoms with van der Waals surface area (Å²) < 4.78 is 0. The fourth-order valence-electron chi connectivity index (χ4n) is 5.09. The van der Waals surface area contributed by atoms with E-state index < -0.39 is 0 Å². The molecular formula is C30H36N2O. The Kier molecular flexibility index (Phi) is 7.96. The number of carbonyl (C=O) groups excluding carboxylic acids is 1. The molecule has 0 aliphatic carbocycles. The van der Waals surface area contributed by atoms with Gasteiger partial charge in [0.25, 0.3) is 5.91 Å². The van der Waals surface area contributed by atoms with Gasteiger partial charge in [-0.2, -0.15) is 0 Å². The van der Waals surface area contributed by atoms with Crippen LogP contribution in [0.2, 0.25) is 0 Å². The van der Waals surface area contributed by atoms with Crippen molar-refractivity contribution in [2.45, 2.75) is 58.0 Å². The predicted molar refractivity (Wildman–Crippen MR) is 137 cm³/mol. The van der Waals surface area contributed by atoms with Crippen molar-refractivity contribution in [3.05, 3.63) is 107 Å². The monoisotopic (exact) mass is 440 g/mol. The summed E-state index contributed by atoms with van der Waals surface area (Å²) >= 11 is 0. The number of aryl methyl sites for hydroxylation is 3. The maximum atomic E-state index is 13.5. The smallest absolute Gasteiger partial charge is 0.254 e. The maximum Gasteiger partial charge on any atom is 0.254 e. The van der Waals surface area contributed by atoms with Crippen molar-refractivity contribution >= 4 is 5.91 Å². The first kappa shape index (κ1) is 23.3. The van der Waals surface area contributed by atoms with Gasteiger partial charge in [0, 0.05) is 24.2 Å². The highest BCUT2D eigenvalue weighted by Gasteiger charge is 2.32. The van der Waals surface area contributed by atoms with E-state index in [-0.39, 0.29) is 11.9 Å². The van der Waals surface area contributed by atoms with Crippen LogP contribution < -0.4 is 5.32 Å². The molecule has 0 spiro atoms. The molecule has 0 aromatic heterocycles. The Hall–Kier alpha value is -2.91. The van der Waals surface area contributed by atoms with Crippen LogP contribution in [0.5, 0.6) is 0 Å². The van der Waals surface area contributed by atoms with Crippen LogP contribution in [-0.2, 0) is 12.8 Å². The lowest BCUT2D eigenvalue weighted by Gasteiger charge is -2.40. The van der Waals surface area contributed by atoms with Gasteiger partial charge in [0.2, 0.25) is 0 Å². The number of piperidine rings is 1. The SMILES string of the molecule is Cc1cc(C)cc(C(=O)N2CC[C@H](NCCCc3ccccc3)C[C@H]2Cc2ccccc2)c1. The summed E-state index contributed by atoms with van der Waals surface area (Å²) in [5.41, 5.74) is 5.81. The predicted octanol–water partition coefficient (Wildman–Crippen LogP) is 5.74. The highest BCUT2D eigenvalue weighted by atomic mass is 16.2. The molecule has 172 valence electrons. The van der Waals surface area contributed by atoms with Crippen molar-refractivity contribution < 1.29 is 4.79 Å². The number of likely N-dealkylation sites (tertiary alicyclic amines) is 1. The van der Waals surface area contributed by atoms with Crippen LogP contribution >= 0.6 is 0 Å². The van der Waals surface area contributed by atoms with Crippen LogP contribution in [0.25, 0.3) is 0 Å². The Morgan fingerprint density at radius 3 is 2.21 bits per heavy atom. The Morgan fingerprint density at radius 2 is 1.55 bits per heavy atom. The van der Waals surface area contributed by atoms with Gasteiger partial charge in [0.05, 0.1) is 0 Å². The number of amides is 1. The molecule has 2 atom stereocenters. The second-order valence-corrected chi connectivity index (χ2v) is 9.48. The highest BCUT2D eigenvalue weighted by molar-refractivity contribution is 5.95. The van der Waals surface area contributed by atoms with E-state index in [1.807, 2.05) is 12.1 Å². The lowest BCUT2D eigenvalue weighted by atomic mass is 9.91. The van der Waals surface area contributed by atoms with Crippen molar-refractivity contribution in [2.75, 3.05) is 13.1 Å². The molecule has 3 heteroatoms. The molecular weight excluding hydrogens is 404 g/mol. The zero-order valence-electron chi connectivity index (χ0n) is 20.0. The fourth-order valence-corrected chi connectivity index (χ4v) is 5.09. The van der Waals surface area contributed by atoms with Crippen molar-refractivity contribution in [1.29, 1.82) is 0 Å². The molecule has 1 aliphatic rings. The summed E-state index contributed by atoms with van der Waals surface area (Å²) in [4.78, 5) is 15.7. The maximum absolute atomic E-state index is 13.5. The number of nitrogens with zero attached hydrogens (tertiary/aromatic N) is 1. The molecule has 0 bridgehead atoms. The lowest BCUT2D eigenvalue weighted by molar-refractivity contribution is 0.0577. The third-order valence-electron chi connectivity index (χ3n) is 6.68. The van der Waals surface area contributed by atoms with Gasteiger partial charge in [-0.25, -0.2) is 0 Å². The molecule has 1 N–H and O–H groups in total. The summed E-state index contributed by atoms with van der Waals surface area (Å²) in [7, 11) is 0. The molecule has 1 amide bonds. The van der Waals surface area contributed by atoms with Crippen molar-refractivity contribution in [1.82, 2.24) is 10.2 Å². The van der Waals surface area contributed by atoms with E-state index in [9.17, 15) is 4.79 Å². The topological polar surface area (TPSA) is 32.3 Å². The summed E-state index contributed by atoms with van der Waals surface area (Å²) in [6.45, 7) is 5.95. The van der Waals surface area contributed by atoms with Crippen molar-refractivity contribution in [3.8, 4) is 0 Å². The van der Waals surface area contributed by atoms with Crippen LogP contribution in [-0.4, -0.2) is 36.0 Å². The van der Waals surface area contributed by atoms with E-state index >= 15 is 0 Å². The average Bonchev–Trinajstić information content (AvgIpc) is 2.82. The number of hydrogen-bond acceptors (Lipinski definition) is 2. The van der Waals surface area contributed by atoms with Gasteiger partial charge in [-0.1, -0.05) is 77.9 Å². The molecule has 1 heterocycles. The quantitative estimate of drug-likeness (QED) is 0.453. The van der Waals surface area contributed by atoms with E-state index in [0.717, 1.165) is 61.9 Å². The molecule has 1 saturated heterocycles. The lowest BCUT2D eigenvalue weighted by Crippen LogP contribution is -2.52. The number of rotatable bonds is 8. The third kappa shape index (κ3) is 6.55. The summed E-state index contributed by atoms with van der Waals surface area (Å²) in [5, 5.41) is 3.79. The Morgan fingerprint density at radius 1 is 0.909 bits per heavy atom. The van der Waals surface area contributed by atoms with Crippen LogP contribution in [0.3, 0.4) is 0 Å². The van der Waals surface area contributed by atoms with Crippen LogP contribution in [0.4, 0.5) is 0 Å². The number of hydrogen-bond donors (Lipinski definition) is 1. The minimum Gasteiger partial charge on any atom is -0.335 e. The Labute approximate surface area is 198 Å². The van der Waals surface area contributed by atoms with Gasteiger partial charge < -0.3 is 10.2 Å². The number of carbonyl (C=O) groups is 1. The zero-order valence-corrected chi connectivity index (χ0v) is 20.0. The first-order valence-electron chi connectivity index (χ1n) is 12.3. The van der Waals surface area contributed by atoms with E-state index in [1.165, 1.54) is 11.1 Å². The van der Waals surface area contributed by atoms with Crippen LogP contribution in [0.15, 0.2) is 78.9 Å². The molecule has 0 saturated carbocycles. The van der Waals surface area contributed by atoms with Crippen LogP contribution in [0, 0.1) is 13.8 Å². The van der Waals surface area contributed by atoms with Gasteiger partial charge in [-0.05, 0) is 75.8 Å². The molecule has 1 fully saturated rings. The molecule has 0 radical (unpaired) electrons. The molecule has 3 nitrogen and oxygen atoms in total. The fraction of sp³-hybridized carbons (Fsp3) is 0.367. The minimum atomic E-state index is 0.172. The highest BCUT2D eigenvalue weighted by Crippen LogP contribution is 2.24. The summed E-state index contributed by atoms with van der Waals surface area (Å²) in [6.07, 6.45) is 5.14. The third-order valence-corrected chi connectivity index (χ3v) is 6.68. The molecule has 3 aromatic carbocycles. The summed E-state index contributed by atoms with van der Waals surface area (Å²) in [5.74, 6) is 0.172. The van der Waals surface area contributed by atoms with Crippen molar-refractivity contribution in [3.63, 3.8) is 0 Å². The number of benzene rings is 3. The van der Waals surface area contributed by atoms with E-state index in [0.29, 0.717) is 6.04 Å². The van der Waals surface area contributed by atoms with Gasteiger partial charge in [-0.3, -0.25) is 4.79 Å². The zero-order chi connectivity index (χ0) is 23.0. The van der Waals surface area contributed by atoms with Gasteiger partial charge >= 0.3 is 0 Å². The van der Waals surface area contributed by atoms with Crippen molar-refractivity contribution in [2.24, 2.45) is 0 Å². The second-order valence-electron chi connectivity index (χ2n) is 9.48. The Balaban J connectivity index is 1.41. The van der Waals surface area contributed by atoms with E-state index in [4.69, 9.17) is 0 Å². The summed E-state index contributed by atoms with van der Waals surface area (Å²) in [6, 6.07) is 28.1. The molecule has 4 rings (SSSR count). The van der Waals surface area contributed by atoms with E-state index in [1.54, 1.807) is 0 Å². The molecule has 33 heavy (non-hydrogen) atoms. The largest absolute Gasteiger partial charge is 0.335 e. The molecule has 0 unspecified atom stereocenters. The molecule has 3 aromatic rings. The first-order valence-corrected chi connectivity index (χ1v) is 12.3. The average molecular weight is 441 g/mol. The van der Waals surface area contributed by atoms with Gasteiger partial charge in [0.15, 0.2) is 0 Å². The first-order chi connectivity index (χ1) is 16.1. The van der Waals surface area contributed by atoms with E-state index in [2.05, 4.69) is 90.8 Å². The van der Waals surface area contributed by atoms with Gasteiger partial charge in [-0.15, -0.1) is 0 Å². The van der Waals surface area contributed by atoms with Gasteiger partial charge in [0.1, 0.15) is 0 Å². The van der Waals surface area contributed by atoms with Crippen LogP contribution in [0.1, 0.15) is 51.9 Å². The Bertz CT molecular complexity index is 1010. The number of nitrogens with one attached hydrogen (secondary N) is 1. The second kappa shape index (κ2) is 11.3.